The summed E-state index contributed by atoms with van der Waals surface area (Å²) in [6.07, 6.45) is 3.36. The minimum absolute atomic E-state index is 0.382. The minimum atomic E-state index is -1.65. The van der Waals surface area contributed by atoms with E-state index in [1.165, 1.54) is 11.1 Å². The number of rotatable bonds is 6. The first-order valence-corrected chi connectivity index (χ1v) is 11.4. The van der Waals surface area contributed by atoms with Gasteiger partial charge in [0.05, 0.1) is 0 Å². The van der Waals surface area contributed by atoms with Crippen molar-refractivity contribution in [1.29, 1.82) is 0 Å². The maximum atomic E-state index is 6.38. The van der Waals surface area contributed by atoms with E-state index in [4.69, 9.17) is 4.43 Å². The van der Waals surface area contributed by atoms with Crippen LogP contribution < -0.4 is 0 Å². The normalized spacial score (nSPS) is 13.7. The van der Waals surface area contributed by atoms with Crippen LogP contribution >= 0.6 is 0 Å². The Morgan fingerprint density at radius 1 is 0.955 bits per heavy atom. The van der Waals surface area contributed by atoms with Crippen molar-refractivity contribution in [2.24, 2.45) is 0 Å². The molecule has 116 valence electrons. The molecule has 0 N–H and O–H groups in total. The smallest absolute Gasteiger partial charge is 0.242 e. The van der Waals surface area contributed by atoms with Crippen molar-refractivity contribution >= 4 is 14.1 Å². The van der Waals surface area contributed by atoms with Gasteiger partial charge in [-0.05, 0) is 37.7 Å². The molecule has 1 nitrogen and oxygen atoms in total. The fourth-order valence-corrected chi connectivity index (χ4v) is 3.30. The Labute approximate surface area is 135 Å². The maximum absolute atomic E-state index is 6.38. The van der Waals surface area contributed by atoms with Gasteiger partial charge in [0.15, 0.2) is 0 Å². The molecule has 0 fully saturated rings. The maximum Gasteiger partial charge on any atom is 0.242 e. The Bertz CT molecular complexity index is 597. The van der Waals surface area contributed by atoms with Crippen LogP contribution in [0.2, 0.25) is 19.6 Å². The molecule has 0 amide bonds. The first-order valence-electron chi connectivity index (χ1n) is 8.01. The number of benzene rings is 2. The highest BCUT2D eigenvalue weighted by Gasteiger charge is 2.20. The second-order valence-corrected chi connectivity index (χ2v) is 11.0. The second-order valence-electron chi connectivity index (χ2n) is 6.54. The molecule has 0 heterocycles. The third-order valence-corrected chi connectivity index (χ3v) is 4.33. The van der Waals surface area contributed by atoms with Gasteiger partial charge in [0.1, 0.15) is 5.76 Å². The molecule has 0 spiro atoms. The van der Waals surface area contributed by atoms with Gasteiger partial charge in [-0.15, -0.1) is 0 Å². The van der Waals surface area contributed by atoms with Crippen molar-refractivity contribution in [3.05, 3.63) is 77.9 Å². The van der Waals surface area contributed by atoms with Gasteiger partial charge in [0.2, 0.25) is 8.32 Å². The van der Waals surface area contributed by atoms with E-state index in [9.17, 15) is 0 Å². The number of hydrogen-bond donors (Lipinski definition) is 0. The van der Waals surface area contributed by atoms with E-state index in [1.807, 2.05) is 6.07 Å². The fraction of sp³-hybridized carbons (Fsp3) is 0.300. The summed E-state index contributed by atoms with van der Waals surface area (Å²) < 4.78 is 6.38. The van der Waals surface area contributed by atoms with E-state index >= 15 is 0 Å². The van der Waals surface area contributed by atoms with Crippen LogP contribution in [0.5, 0.6) is 0 Å². The molecule has 0 saturated carbocycles. The third-order valence-electron chi connectivity index (χ3n) is 3.49. The molecule has 0 saturated heterocycles. The summed E-state index contributed by atoms with van der Waals surface area (Å²) in [6, 6.07) is 21.1. The molecule has 2 aromatic rings. The zero-order valence-corrected chi connectivity index (χ0v) is 15.0. The molecule has 0 bridgehead atoms. The van der Waals surface area contributed by atoms with Crippen LogP contribution in [0, 0.1) is 0 Å². The van der Waals surface area contributed by atoms with Crippen LogP contribution in [-0.4, -0.2) is 8.32 Å². The predicted octanol–water partition coefficient (Wildman–Crippen LogP) is 6.07. The largest absolute Gasteiger partial charge is 0.544 e. The quantitative estimate of drug-likeness (QED) is 0.464. The lowest BCUT2D eigenvalue weighted by atomic mass is 9.95. The topological polar surface area (TPSA) is 9.23 Å². The average molecular weight is 311 g/mol. The van der Waals surface area contributed by atoms with Crippen molar-refractivity contribution < 1.29 is 4.43 Å². The standard InChI is InChI=1S/C20H26OSi/c1-5-17(18-12-8-6-9-13-18)16-20(21-22(2,3)4)19-14-10-7-11-15-19/h6-17H,5H2,1-4H3/b20-16-/t17-/m1/s1. The predicted molar refractivity (Wildman–Crippen MR) is 98.3 cm³/mol. The van der Waals surface area contributed by atoms with Crippen molar-refractivity contribution in [3.63, 3.8) is 0 Å². The van der Waals surface area contributed by atoms with Gasteiger partial charge < -0.3 is 4.43 Å². The van der Waals surface area contributed by atoms with Gasteiger partial charge in [0, 0.05) is 11.5 Å². The lowest BCUT2D eigenvalue weighted by molar-refractivity contribution is 0.510. The van der Waals surface area contributed by atoms with Gasteiger partial charge in [-0.1, -0.05) is 67.6 Å². The molecule has 2 rings (SSSR count). The molecule has 2 aromatic carbocycles. The van der Waals surface area contributed by atoms with E-state index in [0.717, 1.165) is 12.2 Å². The molecule has 0 radical (unpaired) electrons. The second kappa shape index (κ2) is 7.46. The van der Waals surface area contributed by atoms with Crippen molar-refractivity contribution in [3.8, 4) is 0 Å². The van der Waals surface area contributed by atoms with E-state index < -0.39 is 8.32 Å². The van der Waals surface area contributed by atoms with E-state index in [-0.39, 0.29) is 0 Å². The van der Waals surface area contributed by atoms with Gasteiger partial charge in [-0.2, -0.15) is 0 Å². The molecule has 0 unspecified atom stereocenters. The zero-order chi connectivity index (χ0) is 16.0. The highest BCUT2D eigenvalue weighted by Crippen LogP contribution is 2.28. The summed E-state index contributed by atoms with van der Waals surface area (Å²) >= 11 is 0. The van der Waals surface area contributed by atoms with Crippen LogP contribution in [-0.2, 0) is 4.43 Å². The van der Waals surface area contributed by atoms with Crippen molar-refractivity contribution in [2.45, 2.75) is 38.9 Å². The minimum Gasteiger partial charge on any atom is -0.544 e. The summed E-state index contributed by atoms with van der Waals surface area (Å²) in [5.74, 6) is 1.41. The van der Waals surface area contributed by atoms with E-state index in [1.54, 1.807) is 0 Å². The first-order chi connectivity index (χ1) is 10.5. The first kappa shape index (κ1) is 16.6. The summed E-state index contributed by atoms with van der Waals surface area (Å²) in [4.78, 5) is 0. The van der Waals surface area contributed by atoms with Crippen LogP contribution in [0.3, 0.4) is 0 Å². The molecule has 0 aliphatic carbocycles. The number of hydrogen-bond acceptors (Lipinski definition) is 1. The third kappa shape index (κ3) is 4.88. The van der Waals surface area contributed by atoms with Crippen LogP contribution in [0.4, 0.5) is 0 Å². The summed E-state index contributed by atoms with van der Waals surface area (Å²) in [5.41, 5.74) is 2.51. The molecule has 1 atom stereocenters. The molecule has 0 aliphatic heterocycles. The van der Waals surface area contributed by atoms with E-state index in [2.05, 4.69) is 87.2 Å². The fourth-order valence-electron chi connectivity index (χ4n) is 2.45. The Balaban J connectivity index is 2.38. The molecule has 22 heavy (non-hydrogen) atoms. The lowest BCUT2D eigenvalue weighted by Gasteiger charge is -2.24. The van der Waals surface area contributed by atoms with Gasteiger partial charge >= 0.3 is 0 Å². The van der Waals surface area contributed by atoms with Crippen molar-refractivity contribution in [2.75, 3.05) is 0 Å². The summed E-state index contributed by atoms with van der Waals surface area (Å²) in [7, 11) is -1.65. The van der Waals surface area contributed by atoms with Crippen LogP contribution in [0.25, 0.3) is 5.76 Å². The zero-order valence-electron chi connectivity index (χ0n) is 14.0. The Morgan fingerprint density at radius 3 is 2.00 bits per heavy atom. The molecule has 0 aliphatic rings. The molecule has 2 heteroatoms. The van der Waals surface area contributed by atoms with Crippen molar-refractivity contribution in [1.82, 2.24) is 0 Å². The van der Waals surface area contributed by atoms with Gasteiger partial charge in [-0.3, -0.25) is 0 Å². The van der Waals surface area contributed by atoms with Gasteiger partial charge in [-0.25, -0.2) is 0 Å². The Kier molecular flexibility index (Phi) is 5.61. The van der Waals surface area contributed by atoms with E-state index in [0.29, 0.717) is 5.92 Å². The molecular weight excluding hydrogens is 284 g/mol. The number of allylic oxidation sites excluding steroid dienone is 1. The Hall–Kier alpha value is -1.80. The molecular formula is C20H26OSi. The van der Waals surface area contributed by atoms with Crippen LogP contribution in [0.1, 0.15) is 30.4 Å². The lowest BCUT2D eigenvalue weighted by Crippen LogP contribution is -2.24. The SMILES string of the molecule is CC[C@H](/C=C(\O[Si](C)(C)C)c1ccccc1)c1ccccc1. The molecule has 0 aromatic heterocycles. The summed E-state index contributed by atoms with van der Waals surface area (Å²) in [6.45, 7) is 8.92. The highest BCUT2D eigenvalue weighted by molar-refractivity contribution is 6.70. The highest BCUT2D eigenvalue weighted by atomic mass is 28.4. The van der Waals surface area contributed by atoms with Crippen LogP contribution in [0.15, 0.2) is 66.7 Å². The average Bonchev–Trinajstić information content (AvgIpc) is 2.52. The monoisotopic (exact) mass is 310 g/mol. The van der Waals surface area contributed by atoms with Gasteiger partial charge in [0.25, 0.3) is 0 Å². The Morgan fingerprint density at radius 2 is 1.50 bits per heavy atom. The summed E-state index contributed by atoms with van der Waals surface area (Å²) in [5, 5.41) is 0.